The quantitative estimate of drug-likeness (QED) is 0.607. The standard InChI is InChI=1S/C14H16N2O5/c17-13(15(11-5-6-11)8-7-14(18)19)9-10-3-1-2-4-12(10)16(20)21/h1-4,11H,5-9H2,(H,18,19). The molecule has 1 amide bonds. The van der Waals surface area contributed by atoms with Crippen molar-refractivity contribution in [2.24, 2.45) is 0 Å². The molecule has 2 rings (SSSR count). The lowest BCUT2D eigenvalue weighted by Gasteiger charge is -2.21. The number of aliphatic carboxylic acids is 1. The molecule has 0 aliphatic heterocycles. The Morgan fingerprint density at radius 3 is 2.57 bits per heavy atom. The van der Waals surface area contributed by atoms with Gasteiger partial charge in [-0.1, -0.05) is 18.2 Å². The maximum Gasteiger partial charge on any atom is 0.305 e. The number of carboxylic acid groups (broad SMARTS) is 1. The summed E-state index contributed by atoms with van der Waals surface area (Å²) in [6, 6.07) is 6.20. The van der Waals surface area contributed by atoms with E-state index in [2.05, 4.69) is 0 Å². The largest absolute Gasteiger partial charge is 0.481 e. The SMILES string of the molecule is O=C(O)CCN(C(=O)Cc1ccccc1[N+](=O)[O-])C1CC1. The van der Waals surface area contributed by atoms with Gasteiger partial charge in [-0.25, -0.2) is 0 Å². The normalized spacial score (nSPS) is 13.7. The fourth-order valence-electron chi connectivity index (χ4n) is 2.22. The van der Waals surface area contributed by atoms with Gasteiger partial charge in [0, 0.05) is 24.2 Å². The van der Waals surface area contributed by atoms with Gasteiger partial charge in [0.1, 0.15) is 0 Å². The zero-order valence-corrected chi connectivity index (χ0v) is 11.4. The Kier molecular flexibility index (Phi) is 4.52. The van der Waals surface area contributed by atoms with Crippen molar-refractivity contribution < 1.29 is 19.6 Å². The number of nitro benzene ring substituents is 1. The van der Waals surface area contributed by atoms with E-state index in [0.29, 0.717) is 5.56 Å². The van der Waals surface area contributed by atoms with Crippen molar-refractivity contribution in [2.45, 2.75) is 31.7 Å². The van der Waals surface area contributed by atoms with Gasteiger partial charge in [-0.05, 0) is 12.8 Å². The molecular weight excluding hydrogens is 276 g/mol. The molecule has 0 bridgehead atoms. The fourth-order valence-corrected chi connectivity index (χ4v) is 2.22. The molecule has 21 heavy (non-hydrogen) atoms. The second kappa shape index (κ2) is 6.34. The van der Waals surface area contributed by atoms with Gasteiger partial charge in [0.15, 0.2) is 0 Å². The molecule has 7 nitrogen and oxygen atoms in total. The Hall–Kier alpha value is -2.44. The van der Waals surface area contributed by atoms with Crippen LogP contribution in [0.2, 0.25) is 0 Å². The van der Waals surface area contributed by atoms with Gasteiger partial charge in [0.25, 0.3) is 5.69 Å². The molecule has 7 heteroatoms. The fraction of sp³-hybridized carbons (Fsp3) is 0.429. The Labute approximate surface area is 121 Å². The van der Waals surface area contributed by atoms with Crippen molar-refractivity contribution in [3.05, 3.63) is 39.9 Å². The number of hydrogen-bond acceptors (Lipinski definition) is 4. The molecule has 1 aromatic carbocycles. The highest BCUT2D eigenvalue weighted by Crippen LogP contribution is 2.28. The minimum Gasteiger partial charge on any atom is -0.481 e. The van der Waals surface area contributed by atoms with Gasteiger partial charge >= 0.3 is 5.97 Å². The van der Waals surface area contributed by atoms with Crippen LogP contribution in [0.5, 0.6) is 0 Å². The third-order valence-electron chi connectivity index (χ3n) is 3.40. The van der Waals surface area contributed by atoms with E-state index < -0.39 is 10.9 Å². The molecule has 1 saturated carbocycles. The molecule has 0 saturated heterocycles. The number of para-hydroxylation sites is 1. The molecule has 112 valence electrons. The summed E-state index contributed by atoms with van der Waals surface area (Å²) in [6.45, 7) is 0.152. The number of carbonyl (C=O) groups excluding carboxylic acids is 1. The molecular formula is C14H16N2O5. The number of amides is 1. The van der Waals surface area contributed by atoms with Gasteiger partial charge in [0.05, 0.1) is 17.8 Å². The van der Waals surface area contributed by atoms with Crippen LogP contribution in [0.25, 0.3) is 0 Å². The van der Waals surface area contributed by atoms with E-state index in [1.165, 1.54) is 11.0 Å². The first-order chi connectivity index (χ1) is 9.99. The van der Waals surface area contributed by atoms with Crippen LogP contribution in [0.1, 0.15) is 24.8 Å². The second-order valence-corrected chi connectivity index (χ2v) is 5.02. The summed E-state index contributed by atoms with van der Waals surface area (Å²) in [5.41, 5.74) is 0.272. The first kappa shape index (κ1) is 15.0. The van der Waals surface area contributed by atoms with Crippen LogP contribution >= 0.6 is 0 Å². The highest BCUT2D eigenvalue weighted by atomic mass is 16.6. The molecule has 0 heterocycles. The lowest BCUT2D eigenvalue weighted by Crippen LogP contribution is -2.36. The number of hydrogen-bond donors (Lipinski definition) is 1. The molecule has 1 fully saturated rings. The van der Waals surface area contributed by atoms with Gasteiger partial charge in [-0.15, -0.1) is 0 Å². The second-order valence-electron chi connectivity index (χ2n) is 5.02. The topological polar surface area (TPSA) is 101 Å². The van der Waals surface area contributed by atoms with Crippen molar-refractivity contribution >= 4 is 17.6 Å². The summed E-state index contributed by atoms with van der Waals surface area (Å²) >= 11 is 0. The number of carboxylic acids is 1. The van der Waals surface area contributed by atoms with Crippen LogP contribution < -0.4 is 0 Å². The van der Waals surface area contributed by atoms with Crippen LogP contribution in [-0.2, 0) is 16.0 Å². The molecule has 0 radical (unpaired) electrons. The summed E-state index contributed by atoms with van der Waals surface area (Å²) in [5, 5.41) is 19.7. The van der Waals surface area contributed by atoms with Crippen molar-refractivity contribution in [3.8, 4) is 0 Å². The van der Waals surface area contributed by atoms with E-state index in [4.69, 9.17) is 5.11 Å². The van der Waals surface area contributed by atoms with Crippen molar-refractivity contribution in [2.75, 3.05) is 6.54 Å². The summed E-state index contributed by atoms with van der Waals surface area (Å²) in [4.78, 5) is 34.9. The van der Waals surface area contributed by atoms with E-state index >= 15 is 0 Å². The summed E-state index contributed by atoms with van der Waals surface area (Å²) in [6.07, 6.45) is 1.54. The van der Waals surface area contributed by atoms with Crippen molar-refractivity contribution in [1.82, 2.24) is 4.90 Å². The number of nitrogens with zero attached hydrogens (tertiary/aromatic N) is 2. The van der Waals surface area contributed by atoms with Crippen LogP contribution in [0, 0.1) is 10.1 Å². The summed E-state index contributed by atoms with van der Waals surface area (Å²) < 4.78 is 0. The van der Waals surface area contributed by atoms with Gasteiger partial charge in [-0.3, -0.25) is 19.7 Å². The van der Waals surface area contributed by atoms with Gasteiger partial charge in [-0.2, -0.15) is 0 Å². The first-order valence-electron chi connectivity index (χ1n) is 6.72. The van der Waals surface area contributed by atoms with Gasteiger partial charge in [0.2, 0.25) is 5.91 Å². The van der Waals surface area contributed by atoms with Crippen molar-refractivity contribution in [3.63, 3.8) is 0 Å². The average molecular weight is 292 g/mol. The number of benzene rings is 1. The van der Waals surface area contributed by atoms with Crippen LogP contribution in [0.15, 0.2) is 24.3 Å². The average Bonchev–Trinajstić information content (AvgIpc) is 3.23. The lowest BCUT2D eigenvalue weighted by molar-refractivity contribution is -0.385. The minimum atomic E-state index is -0.959. The first-order valence-corrected chi connectivity index (χ1v) is 6.72. The van der Waals surface area contributed by atoms with E-state index in [1.807, 2.05) is 0 Å². The molecule has 1 aliphatic rings. The monoisotopic (exact) mass is 292 g/mol. The lowest BCUT2D eigenvalue weighted by atomic mass is 10.1. The predicted octanol–water partition coefficient (Wildman–Crippen LogP) is 1.60. The highest BCUT2D eigenvalue weighted by molar-refractivity contribution is 5.81. The Balaban J connectivity index is 2.08. The predicted molar refractivity (Wildman–Crippen MR) is 73.8 cm³/mol. The Morgan fingerprint density at radius 1 is 1.33 bits per heavy atom. The number of rotatable bonds is 7. The van der Waals surface area contributed by atoms with E-state index in [0.717, 1.165) is 12.8 Å². The molecule has 0 aromatic heterocycles. The molecule has 0 atom stereocenters. The molecule has 0 unspecified atom stereocenters. The van der Waals surface area contributed by atoms with E-state index in [1.54, 1.807) is 18.2 Å². The third-order valence-corrected chi connectivity index (χ3v) is 3.40. The van der Waals surface area contributed by atoms with E-state index in [9.17, 15) is 19.7 Å². The summed E-state index contributed by atoms with van der Waals surface area (Å²) in [5.74, 6) is -1.22. The molecule has 1 N–H and O–H groups in total. The molecule has 1 aliphatic carbocycles. The summed E-state index contributed by atoms with van der Waals surface area (Å²) in [7, 11) is 0. The maximum absolute atomic E-state index is 12.3. The van der Waals surface area contributed by atoms with E-state index in [-0.39, 0.29) is 37.0 Å². The number of carbonyl (C=O) groups is 2. The molecule has 0 spiro atoms. The van der Waals surface area contributed by atoms with Crippen molar-refractivity contribution in [1.29, 1.82) is 0 Å². The van der Waals surface area contributed by atoms with Crippen LogP contribution in [-0.4, -0.2) is 39.4 Å². The zero-order valence-electron chi connectivity index (χ0n) is 11.4. The Bertz CT molecular complexity index is 568. The minimum absolute atomic E-state index is 0.0761. The smallest absolute Gasteiger partial charge is 0.305 e. The van der Waals surface area contributed by atoms with Crippen LogP contribution in [0.4, 0.5) is 5.69 Å². The highest BCUT2D eigenvalue weighted by Gasteiger charge is 2.33. The van der Waals surface area contributed by atoms with Crippen LogP contribution in [0.3, 0.4) is 0 Å². The third kappa shape index (κ3) is 4.01. The number of nitro groups is 1. The zero-order chi connectivity index (χ0) is 15.4. The molecule has 1 aromatic rings. The maximum atomic E-state index is 12.3. The Morgan fingerprint density at radius 2 is 2.00 bits per heavy atom. The van der Waals surface area contributed by atoms with Gasteiger partial charge < -0.3 is 10.0 Å².